The molecule has 2 rings (SSSR count). The first kappa shape index (κ1) is 14.4. The van der Waals surface area contributed by atoms with Crippen molar-refractivity contribution in [3.05, 3.63) is 17.0 Å². The Balaban J connectivity index is 1.91. The van der Waals surface area contributed by atoms with E-state index in [4.69, 9.17) is 5.11 Å². The molecule has 1 aliphatic rings. The Kier molecular flexibility index (Phi) is 4.56. The zero-order valence-corrected chi connectivity index (χ0v) is 12.0. The largest absolute Gasteiger partial charge is 0.477 e. The topological polar surface area (TPSA) is 86.7 Å². The third kappa shape index (κ3) is 3.75. The maximum absolute atomic E-state index is 11.9. The van der Waals surface area contributed by atoms with Crippen molar-refractivity contribution < 1.29 is 18.3 Å². The number of carbonyl (C=O) groups is 1. The van der Waals surface area contributed by atoms with Gasteiger partial charge in [0, 0.05) is 13.1 Å². The molecular formula is C11H16N2O4S2. The quantitative estimate of drug-likeness (QED) is 0.812. The highest BCUT2D eigenvalue weighted by Crippen LogP contribution is 2.21. The summed E-state index contributed by atoms with van der Waals surface area (Å²) in [6, 6.07) is 2.63. The number of thiophene rings is 1. The number of likely N-dealkylation sites (tertiary alicyclic amines) is 1. The molecule has 19 heavy (non-hydrogen) atoms. The lowest BCUT2D eigenvalue weighted by atomic mass is 10.4. The lowest BCUT2D eigenvalue weighted by Gasteiger charge is -2.14. The molecule has 1 saturated heterocycles. The Bertz CT molecular complexity index is 547. The fourth-order valence-electron chi connectivity index (χ4n) is 1.99. The highest BCUT2D eigenvalue weighted by Gasteiger charge is 2.19. The molecule has 1 aliphatic heterocycles. The van der Waals surface area contributed by atoms with E-state index in [0.717, 1.165) is 24.4 Å². The Labute approximate surface area is 116 Å². The van der Waals surface area contributed by atoms with Crippen molar-refractivity contribution in [1.29, 1.82) is 0 Å². The predicted octanol–water partition coefficient (Wildman–Crippen LogP) is 0.820. The molecule has 0 atom stereocenters. The van der Waals surface area contributed by atoms with Crippen LogP contribution in [0.1, 0.15) is 22.5 Å². The van der Waals surface area contributed by atoms with E-state index in [-0.39, 0.29) is 9.09 Å². The second-order valence-corrected chi connectivity index (χ2v) is 7.45. The lowest BCUT2D eigenvalue weighted by Crippen LogP contribution is -2.33. The zero-order valence-electron chi connectivity index (χ0n) is 10.3. The van der Waals surface area contributed by atoms with Crippen LogP contribution in [0.25, 0.3) is 0 Å². The van der Waals surface area contributed by atoms with Crippen LogP contribution in [0.3, 0.4) is 0 Å². The number of hydrogen-bond donors (Lipinski definition) is 2. The molecule has 0 amide bonds. The molecule has 0 saturated carbocycles. The molecule has 0 radical (unpaired) electrons. The SMILES string of the molecule is O=C(O)c1ccc(S(=O)(=O)NCCN2CCCC2)s1. The van der Waals surface area contributed by atoms with Gasteiger partial charge in [0.25, 0.3) is 0 Å². The van der Waals surface area contributed by atoms with Crippen molar-refractivity contribution in [2.75, 3.05) is 26.2 Å². The van der Waals surface area contributed by atoms with Crippen LogP contribution in [0.2, 0.25) is 0 Å². The van der Waals surface area contributed by atoms with Crippen LogP contribution < -0.4 is 4.72 Å². The number of nitrogens with zero attached hydrogens (tertiary/aromatic N) is 1. The van der Waals surface area contributed by atoms with Crippen molar-refractivity contribution in [3.63, 3.8) is 0 Å². The third-order valence-corrected chi connectivity index (χ3v) is 6.00. The van der Waals surface area contributed by atoms with Crippen molar-refractivity contribution in [1.82, 2.24) is 9.62 Å². The molecule has 0 aromatic carbocycles. The smallest absolute Gasteiger partial charge is 0.345 e. The minimum absolute atomic E-state index is 0.0277. The van der Waals surface area contributed by atoms with E-state index in [0.29, 0.717) is 13.1 Å². The summed E-state index contributed by atoms with van der Waals surface area (Å²) >= 11 is 0.767. The first-order valence-electron chi connectivity index (χ1n) is 6.04. The van der Waals surface area contributed by atoms with Gasteiger partial charge in [-0.3, -0.25) is 0 Å². The highest BCUT2D eigenvalue weighted by atomic mass is 32.2. The Morgan fingerprint density at radius 3 is 2.63 bits per heavy atom. The van der Waals surface area contributed by atoms with Crippen LogP contribution in [0, 0.1) is 0 Å². The fourth-order valence-corrected chi connectivity index (χ4v) is 4.21. The van der Waals surface area contributed by atoms with Gasteiger partial charge in [0.05, 0.1) is 0 Å². The highest BCUT2D eigenvalue weighted by molar-refractivity contribution is 7.91. The minimum atomic E-state index is -3.59. The number of rotatable bonds is 6. The molecule has 0 spiro atoms. The fraction of sp³-hybridized carbons (Fsp3) is 0.545. The first-order chi connectivity index (χ1) is 8.99. The van der Waals surface area contributed by atoms with Gasteiger partial charge in [-0.25, -0.2) is 17.9 Å². The van der Waals surface area contributed by atoms with Gasteiger partial charge in [0.15, 0.2) is 0 Å². The average Bonchev–Trinajstić information content (AvgIpc) is 2.99. The van der Waals surface area contributed by atoms with Gasteiger partial charge in [-0.15, -0.1) is 11.3 Å². The average molecular weight is 304 g/mol. The van der Waals surface area contributed by atoms with E-state index in [1.807, 2.05) is 0 Å². The van der Waals surface area contributed by atoms with Crippen LogP contribution in [0.4, 0.5) is 0 Å². The number of aromatic carboxylic acids is 1. The summed E-state index contributed by atoms with van der Waals surface area (Å²) < 4.78 is 26.4. The summed E-state index contributed by atoms with van der Waals surface area (Å²) in [5, 5.41) is 8.77. The van der Waals surface area contributed by atoms with Crippen LogP contribution in [-0.2, 0) is 10.0 Å². The number of carboxylic acids is 1. The van der Waals surface area contributed by atoms with Gasteiger partial charge < -0.3 is 10.0 Å². The molecule has 2 N–H and O–H groups in total. The molecule has 2 heterocycles. The van der Waals surface area contributed by atoms with E-state index in [9.17, 15) is 13.2 Å². The van der Waals surface area contributed by atoms with E-state index in [2.05, 4.69) is 9.62 Å². The summed E-state index contributed by atoms with van der Waals surface area (Å²) in [7, 11) is -3.59. The molecule has 1 aromatic rings. The van der Waals surface area contributed by atoms with Gasteiger partial charge in [-0.1, -0.05) is 0 Å². The van der Waals surface area contributed by atoms with Gasteiger partial charge in [0.1, 0.15) is 9.09 Å². The minimum Gasteiger partial charge on any atom is -0.477 e. The number of sulfonamides is 1. The molecule has 0 aliphatic carbocycles. The second kappa shape index (κ2) is 6.00. The maximum atomic E-state index is 11.9. The monoisotopic (exact) mass is 304 g/mol. The molecular weight excluding hydrogens is 288 g/mol. The number of carboxylic acid groups (broad SMARTS) is 1. The Hall–Kier alpha value is -0.960. The predicted molar refractivity (Wildman–Crippen MR) is 72.1 cm³/mol. The van der Waals surface area contributed by atoms with Gasteiger partial charge >= 0.3 is 5.97 Å². The van der Waals surface area contributed by atoms with Gasteiger partial charge in [-0.2, -0.15) is 0 Å². The molecule has 0 unspecified atom stereocenters. The molecule has 1 fully saturated rings. The van der Waals surface area contributed by atoms with E-state index in [1.54, 1.807) is 0 Å². The van der Waals surface area contributed by atoms with Crippen LogP contribution in [0.15, 0.2) is 16.3 Å². The molecule has 8 heteroatoms. The maximum Gasteiger partial charge on any atom is 0.345 e. The third-order valence-electron chi connectivity index (χ3n) is 2.98. The standard InChI is InChI=1S/C11H16N2O4S2/c14-11(15)9-3-4-10(18-9)19(16,17)12-5-8-13-6-1-2-7-13/h3-4,12H,1-2,5-8H2,(H,14,15). The van der Waals surface area contributed by atoms with Crippen molar-refractivity contribution in [2.45, 2.75) is 17.1 Å². The van der Waals surface area contributed by atoms with E-state index < -0.39 is 16.0 Å². The summed E-state index contributed by atoms with van der Waals surface area (Å²) in [4.78, 5) is 13.0. The van der Waals surface area contributed by atoms with E-state index >= 15 is 0 Å². The van der Waals surface area contributed by atoms with Gasteiger partial charge in [-0.05, 0) is 38.1 Å². The van der Waals surface area contributed by atoms with Crippen LogP contribution in [-0.4, -0.2) is 50.6 Å². The molecule has 6 nitrogen and oxygen atoms in total. The van der Waals surface area contributed by atoms with E-state index in [1.165, 1.54) is 25.0 Å². The summed E-state index contributed by atoms with van der Waals surface area (Å²) in [5.41, 5.74) is 0. The zero-order chi connectivity index (χ0) is 13.9. The van der Waals surface area contributed by atoms with Crippen molar-refractivity contribution in [3.8, 4) is 0 Å². The molecule has 0 bridgehead atoms. The normalized spacial score (nSPS) is 16.8. The number of nitrogens with one attached hydrogen (secondary N) is 1. The summed E-state index contributed by atoms with van der Waals surface area (Å²) in [6.07, 6.45) is 2.33. The lowest BCUT2D eigenvalue weighted by molar-refractivity contribution is 0.0702. The van der Waals surface area contributed by atoms with Crippen molar-refractivity contribution >= 4 is 27.3 Å². The summed E-state index contributed by atoms with van der Waals surface area (Å²) in [6.45, 7) is 3.08. The van der Waals surface area contributed by atoms with Crippen molar-refractivity contribution in [2.24, 2.45) is 0 Å². The van der Waals surface area contributed by atoms with Gasteiger partial charge in [0.2, 0.25) is 10.0 Å². The Morgan fingerprint density at radius 1 is 1.37 bits per heavy atom. The van der Waals surface area contributed by atoms with Crippen LogP contribution >= 0.6 is 11.3 Å². The molecule has 1 aromatic heterocycles. The summed E-state index contributed by atoms with van der Waals surface area (Å²) in [5.74, 6) is -1.11. The number of hydrogen-bond acceptors (Lipinski definition) is 5. The Morgan fingerprint density at radius 2 is 2.05 bits per heavy atom. The second-order valence-electron chi connectivity index (χ2n) is 4.37. The molecule has 106 valence electrons. The first-order valence-corrected chi connectivity index (χ1v) is 8.34. The van der Waals surface area contributed by atoms with Crippen LogP contribution in [0.5, 0.6) is 0 Å².